The van der Waals surface area contributed by atoms with Gasteiger partial charge in [0.25, 0.3) is 5.91 Å². The van der Waals surface area contributed by atoms with E-state index in [4.69, 9.17) is 4.74 Å². The fourth-order valence-electron chi connectivity index (χ4n) is 4.07. The van der Waals surface area contributed by atoms with Crippen molar-refractivity contribution in [3.63, 3.8) is 0 Å². The smallest absolute Gasteiger partial charge is 0.253 e. The second-order valence-electron chi connectivity index (χ2n) is 8.13. The molecule has 0 saturated carbocycles. The first-order chi connectivity index (χ1) is 15.0. The molecule has 31 heavy (non-hydrogen) atoms. The third kappa shape index (κ3) is 4.94. The number of hydrazone groups is 1. The molecule has 2 aromatic rings. The molecule has 0 aliphatic carbocycles. The number of amides is 2. The lowest BCUT2D eigenvalue weighted by Gasteiger charge is -2.34. The number of rotatable bonds is 5. The van der Waals surface area contributed by atoms with Crippen molar-refractivity contribution in [1.82, 2.24) is 15.2 Å². The van der Waals surface area contributed by atoms with Crippen LogP contribution >= 0.6 is 0 Å². The van der Waals surface area contributed by atoms with E-state index in [2.05, 4.69) is 27.6 Å². The average Bonchev–Trinajstić information content (AvgIpc) is 2.80. The molecular weight excluding hydrogens is 392 g/mol. The van der Waals surface area contributed by atoms with Gasteiger partial charge in [-0.3, -0.25) is 14.5 Å². The molecule has 1 atom stereocenters. The molecular formula is C24H28N4O3. The number of hydrogen-bond donors (Lipinski definition) is 1. The normalized spacial score (nSPS) is 19.5. The molecule has 0 spiro atoms. The highest BCUT2D eigenvalue weighted by molar-refractivity contribution is 6.06. The first kappa shape index (κ1) is 21.1. The fourth-order valence-corrected chi connectivity index (χ4v) is 4.07. The molecule has 1 fully saturated rings. The summed E-state index contributed by atoms with van der Waals surface area (Å²) in [4.78, 5) is 28.7. The van der Waals surface area contributed by atoms with Crippen LogP contribution in [0.25, 0.3) is 0 Å². The molecule has 162 valence electrons. The first-order valence-electron chi connectivity index (χ1n) is 10.6. The van der Waals surface area contributed by atoms with E-state index in [1.807, 2.05) is 48.2 Å². The predicted molar refractivity (Wildman–Crippen MR) is 119 cm³/mol. The molecule has 2 aromatic carbocycles. The summed E-state index contributed by atoms with van der Waals surface area (Å²) in [6, 6.07) is 15.7. The van der Waals surface area contributed by atoms with Crippen molar-refractivity contribution in [2.24, 2.45) is 11.0 Å². The Morgan fingerprint density at radius 2 is 1.74 bits per heavy atom. The highest BCUT2D eigenvalue weighted by Gasteiger charge is 2.24. The molecule has 1 saturated heterocycles. The Morgan fingerprint density at radius 1 is 1.06 bits per heavy atom. The zero-order valence-electron chi connectivity index (χ0n) is 18.0. The van der Waals surface area contributed by atoms with E-state index in [1.165, 1.54) is 5.56 Å². The minimum absolute atomic E-state index is 0.0579. The number of carbonyl (C=O) groups excluding carboxylic acids is 2. The van der Waals surface area contributed by atoms with Gasteiger partial charge in [-0.2, -0.15) is 5.10 Å². The molecule has 1 unspecified atom stereocenters. The van der Waals surface area contributed by atoms with Crippen LogP contribution in [-0.2, 0) is 11.3 Å². The topological polar surface area (TPSA) is 74.2 Å². The lowest BCUT2D eigenvalue weighted by atomic mass is 9.93. The summed E-state index contributed by atoms with van der Waals surface area (Å²) in [5.41, 5.74) is 6.25. The largest absolute Gasteiger partial charge is 0.497 e. The van der Waals surface area contributed by atoms with Gasteiger partial charge in [-0.15, -0.1) is 0 Å². The van der Waals surface area contributed by atoms with Gasteiger partial charge in [0.2, 0.25) is 5.91 Å². The summed E-state index contributed by atoms with van der Waals surface area (Å²) in [5.74, 6) is 0.922. The molecule has 0 radical (unpaired) electrons. The number of hydrogen-bond acceptors (Lipinski definition) is 5. The molecule has 7 heteroatoms. The predicted octanol–water partition coefficient (Wildman–Crippen LogP) is 2.51. The van der Waals surface area contributed by atoms with Gasteiger partial charge in [-0.05, 0) is 35.4 Å². The summed E-state index contributed by atoms with van der Waals surface area (Å²) >= 11 is 0. The van der Waals surface area contributed by atoms with Crippen molar-refractivity contribution in [2.75, 3.05) is 33.3 Å². The zero-order valence-corrected chi connectivity index (χ0v) is 18.0. The Morgan fingerprint density at radius 3 is 2.35 bits per heavy atom. The Bertz CT molecular complexity index is 961. The van der Waals surface area contributed by atoms with E-state index >= 15 is 0 Å². The van der Waals surface area contributed by atoms with Crippen molar-refractivity contribution in [2.45, 2.75) is 19.9 Å². The van der Waals surface area contributed by atoms with E-state index in [0.29, 0.717) is 25.1 Å². The monoisotopic (exact) mass is 420 g/mol. The quantitative estimate of drug-likeness (QED) is 0.807. The van der Waals surface area contributed by atoms with E-state index < -0.39 is 0 Å². The van der Waals surface area contributed by atoms with Gasteiger partial charge in [-0.25, -0.2) is 5.43 Å². The number of benzene rings is 2. The van der Waals surface area contributed by atoms with E-state index in [1.54, 1.807) is 7.11 Å². The number of piperazine rings is 1. The van der Waals surface area contributed by atoms with E-state index in [0.717, 1.165) is 36.7 Å². The Labute approximate surface area is 182 Å². The maximum atomic E-state index is 12.9. The fraction of sp³-hybridized carbons (Fsp3) is 0.375. The Hall–Kier alpha value is -3.19. The molecule has 7 nitrogen and oxygen atoms in total. The van der Waals surface area contributed by atoms with Gasteiger partial charge in [-0.1, -0.05) is 31.2 Å². The molecule has 2 aliphatic rings. The van der Waals surface area contributed by atoms with Crippen molar-refractivity contribution >= 4 is 17.5 Å². The molecule has 0 bridgehead atoms. The summed E-state index contributed by atoms with van der Waals surface area (Å²) in [6.45, 7) is 5.99. The lowest BCUT2D eigenvalue weighted by Crippen LogP contribution is -2.48. The van der Waals surface area contributed by atoms with Crippen molar-refractivity contribution in [3.8, 4) is 5.75 Å². The van der Waals surface area contributed by atoms with Crippen molar-refractivity contribution in [3.05, 3.63) is 65.2 Å². The zero-order chi connectivity index (χ0) is 21.8. The Kier molecular flexibility index (Phi) is 6.32. The highest BCUT2D eigenvalue weighted by Crippen LogP contribution is 2.19. The maximum absolute atomic E-state index is 12.9. The molecule has 2 amide bonds. The lowest BCUT2D eigenvalue weighted by molar-refractivity contribution is -0.121. The minimum atomic E-state index is -0.0609. The van der Waals surface area contributed by atoms with Crippen LogP contribution in [0.2, 0.25) is 0 Å². The summed E-state index contributed by atoms with van der Waals surface area (Å²) in [6.07, 6.45) is 0.431. The van der Waals surface area contributed by atoms with Crippen LogP contribution in [0.4, 0.5) is 0 Å². The molecule has 2 heterocycles. The number of ether oxygens (including phenoxy) is 1. The van der Waals surface area contributed by atoms with Gasteiger partial charge >= 0.3 is 0 Å². The molecule has 1 N–H and O–H groups in total. The van der Waals surface area contributed by atoms with Gasteiger partial charge in [0.1, 0.15) is 5.75 Å². The summed E-state index contributed by atoms with van der Waals surface area (Å²) in [7, 11) is 1.67. The number of nitrogens with one attached hydrogen (secondary N) is 1. The van der Waals surface area contributed by atoms with Crippen LogP contribution in [0.15, 0.2) is 53.6 Å². The van der Waals surface area contributed by atoms with Crippen LogP contribution in [0.5, 0.6) is 5.75 Å². The highest BCUT2D eigenvalue weighted by atomic mass is 16.5. The number of methoxy groups -OCH3 is 1. The second kappa shape index (κ2) is 9.31. The molecule has 0 aromatic heterocycles. The van der Waals surface area contributed by atoms with E-state index in [-0.39, 0.29) is 17.7 Å². The third-order valence-corrected chi connectivity index (χ3v) is 5.91. The van der Waals surface area contributed by atoms with Gasteiger partial charge in [0.15, 0.2) is 0 Å². The first-order valence-corrected chi connectivity index (χ1v) is 10.6. The van der Waals surface area contributed by atoms with Crippen LogP contribution in [0, 0.1) is 5.92 Å². The average molecular weight is 421 g/mol. The van der Waals surface area contributed by atoms with Crippen LogP contribution in [0.3, 0.4) is 0 Å². The van der Waals surface area contributed by atoms with Crippen LogP contribution in [-0.4, -0.2) is 60.6 Å². The third-order valence-electron chi connectivity index (χ3n) is 5.91. The minimum Gasteiger partial charge on any atom is -0.497 e. The van der Waals surface area contributed by atoms with E-state index in [9.17, 15) is 9.59 Å². The maximum Gasteiger partial charge on any atom is 0.253 e. The van der Waals surface area contributed by atoms with Crippen LogP contribution < -0.4 is 10.2 Å². The summed E-state index contributed by atoms with van der Waals surface area (Å²) < 4.78 is 5.21. The number of nitrogens with zero attached hydrogens (tertiary/aromatic N) is 3. The molecule has 4 rings (SSSR count). The van der Waals surface area contributed by atoms with Crippen LogP contribution in [0.1, 0.15) is 34.8 Å². The standard InChI is InChI=1S/C24H28N4O3/c1-17-15-22(29)25-26-23(17)19-5-7-20(8-6-19)24(30)28-13-11-27(12-14-28)16-18-3-9-21(31-2)10-4-18/h3-10,17H,11-16H2,1-2H3,(H,25,29). The summed E-state index contributed by atoms with van der Waals surface area (Å²) in [5, 5.41) is 4.19. The molecule has 2 aliphatic heterocycles. The van der Waals surface area contributed by atoms with Crippen molar-refractivity contribution < 1.29 is 14.3 Å². The van der Waals surface area contributed by atoms with Gasteiger partial charge < -0.3 is 9.64 Å². The SMILES string of the molecule is COc1ccc(CN2CCN(C(=O)c3ccc(C4=NNC(=O)CC4C)cc3)CC2)cc1. The second-order valence-corrected chi connectivity index (χ2v) is 8.13. The Balaban J connectivity index is 1.32. The van der Waals surface area contributed by atoms with Gasteiger partial charge in [0.05, 0.1) is 12.8 Å². The van der Waals surface area contributed by atoms with Gasteiger partial charge in [0, 0.05) is 50.6 Å². The van der Waals surface area contributed by atoms with Crippen molar-refractivity contribution in [1.29, 1.82) is 0 Å². The number of carbonyl (C=O) groups is 2.